The predicted molar refractivity (Wildman–Crippen MR) is 64.3 cm³/mol. The molecule has 1 aliphatic heterocycles. The van der Waals surface area contributed by atoms with Crippen LogP contribution < -0.4 is 11.1 Å². The Bertz CT molecular complexity index is 269. The fourth-order valence-corrected chi connectivity index (χ4v) is 1.72. The number of nitrogens with two attached hydrogens (primary N) is 1. The molecular formula is C10H20ClN3O2. The van der Waals surface area contributed by atoms with Crippen LogP contribution >= 0.6 is 12.4 Å². The van der Waals surface area contributed by atoms with Gasteiger partial charge in [0.05, 0.1) is 0 Å². The van der Waals surface area contributed by atoms with Crippen molar-refractivity contribution in [3.63, 3.8) is 0 Å². The van der Waals surface area contributed by atoms with Crippen molar-refractivity contribution in [1.29, 1.82) is 0 Å². The van der Waals surface area contributed by atoms with Crippen LogP contribution in [-0.4, -0.2) is 41.9 Å². The molecule has 0 radical (unpaired) electrons. The minimum Gasteiger partial charge on any atom is -0.352 e. The van der Waals surface area contributed by atoms with Gasteiger partial charge in [0.2, 0.25) is 11.8 Å². The lowest BCUT2D eigenvalue weighted by molar-refractivity contribution is -0.149. The zero-order valence-electron chi connectivity index (χ0n) is 9.78. The molecule has 5 nitrogen and oxygen atoms in total. The number of nitrogens with zero attached hydrogens (tertiary/aromatic N) is 1. The van der Waals surface area contributed by atoms with Crippen LogP contribution in [0.1, 0.15) is 26.7 Å². The lowest BCUT2D eigenvalue weighted by Gasteiger charge is -2.41. The third-order valence-corrected chi connectivity index (χ3v) is 2.75. The van der Waals surface area contributed by atoms with E-state index in [1.54, 1.807) is 18.7 Å². The second kappa shape index (κ2) is 6.06. The maximum Gasteiger partial charge on any atom is 0.245 e. The highest BCUT2D eigenvalue weighted by Gasteiger charge is 2.39. The highest BCUT2D eigenvalue weighted by Crippen LogP contribution is 2.18. The van der Waals surface area contributed by atoms with E-state index in [0.29, 0.717) is 32.5 Å². The summed E-state index contributed by atoms with van der Waals surface area (Å²) in [5.74, 6) is -0.0739. The van der Waals surface area contributed by atoms with E-state index in [2.05, 4.69) is 5.32 Å². The minimum atomic E-state index is -0.732. The Morgan fingerprint density at radius 3 is 2.75 bits per heavy atom. The van der Waals surface area contributed by atoms with Crippen LogP contribution in [0.25, 0.3) is 0 Å². The molecule has 0 aromatic heterocycles. The number of halogens is 1. The summed E-state index contributed by atoms with van der Waals surface area (Å²) in [6.45, 7) is 5.16. The molecule has 0 bridgehead atoms. The summed E-state index contributed by atoms with van der Waals surface area (Å²) in [6.07, 6.45) is 1.10. The molecule has 94 valence electrons. The fourth-order valence-electron chi connectivity index (χ4n) is 1.72. The van der Waals surface area contributed by atoms with Crippen molar-refractivity contribution >= 4 is 24.2 Å². The van der Waals surface area contributed by atoms with Crippen molar-refractivity contribution in [3.8, 4) is 0 Å². The van der Waals surface area contributed by atoms with E-state index in [4.69, 9.17) is 5.73 Å². The molecule has 1 aliphatic rings. The molecule has 0 unspecified atom stereocenters. The van der Waals surface area contributed by atoms with Crippen molar-refractivity contribution in [2.45, 2.75) is 32.2 Å². The molecule has 3 N–H and O–H groups in total. The van der Waals surface area contributed by atoms with Gasteiger partial charge < -0.3 is 16.0 Å². The SMILES string of the molecule is CC1(C)C(=O)NCCN1C(=O)CCCN.Cl. The smallest absolute Gasteiger partial charge is 0.245 e. The van der Waals surface area contributed by atoms with Gasteiger partial charge in [0, 0.05) is 19.5 Å². The van der Waals surface area contributed by atoms with Crippen LogP contribution in [0.2, 0.25) is 0 Å². The fraction of sp³-hybridized carbons (Fsp3) is 0.800. The van der Waals surface area contributed by atoms with Crippen LogP contribution in [-0.2, 0) is 9.59 Å². The van der Waals surface area contributed by atoms with Crippen LogP contribution in [0.15, 0.2) is 0 Å². The Hall–Kier alpha value is -0.810. The molecule has 0 spiro atoms. The molecule has 0 aromatic rings. The number of hydrogen-bond donors (Lipinski definition) is 2. The van der Waals surface area contributed by atoms with E-state index in [0.717, 1.165) is 0 Å². The maximum atomic E-state index is 11.8. The normalized spacial score (nSPS) is 18.7. The average Bonchev–Trinajstić information content (AvgIpc) is 2.18. The van der Waals surface area contributed by atoms with Gasteiger partial charge in [-0.05, 0) is 26.8 Å². The van der Waals surface area contributed by atoms with Gasteiger partial charge in [-0.15, -0.1) is 12.4 Å². The Balaban J connectivity index is 0.00000225. The molecule has 1 saturated heterocycles. The van der Waals surface area contributed by atoms with Gasteiger partial charge in [0.15, 0.2) is 0 Å². The predicted octanol–water partition coefficient (Wildman–Crippen LogP) is -0.116. The summed E-state index contributed by atoms with van der Waals surface area (Å²) in [7, 11) is 0. The molecule has 0 atom stereocenters. The summed E-state index contributed by atoms with van der Waals surface area (Å²) < 4.78 is 0. The molecule has 0 aromatic carbocycles. The Morgan fingerprint density at radius 1 is 1.56 bits per heavy atom. The Labute approximate surface area is 102 Å². The van der Waals surface area contributed by atoms with Gasteiger partial charge >= 0.3 is 0 Å². The van der Waals surface area contributed by atoms with Crippen LogP contribution in [0.3, 0.4) is 0 Å². The monoisotopic (exact) mass is 249 g/mol. The van der Waals surface area contributed by atoms with Crippen LogP contribution in [0.5, 0.6) is 0 Å². The molecule has 16 heavy (non-hydrogen) atoms. The van der Waals surface area contributed by atoms with Crippen molar-refractivity contribution in [3.05, 3.63) is 0 Å². The highest BCUT2D eigenvalue weighted by atomic mass is 35.5. The third kappa shape index (κ3) is 3.09. The van der Waals surface area contributed by atoms with E-state index >= 15 is 0 Å². The third-order valence-electron chi connectivity index (χ3n) is 2.75. The minimum absolute atomic E-state index is 0. The second-order valence-corrected chi connectivity index (χ2v) is 4.25. The van der Waals surface area contributed by atoms with Gasteiger partial charge in [0.25, 0.3) is 0 Å². The van der Waals surface area contributed by atoms with E-state index in [1.165, 1.54) is 0 Å². The standard InChI is InChI=1S/C10H19N3O2.ClH/c1-10(2)9(15)12-6-7-13(10)8(14)4-3-5-11;/h3-7,11H2,1-2H3,(H,12,15);1H. The van der Waals surface area contributed by atoms with Gasteiger partial charge in [-0.1, -0.05) is 0 Å². The van der Waals surface area contributed by atoms with Crippen molar-refractivity contribution in [2.75, 3.05) is 19.6 Å². The number of piperazine rings is 1. The van der Waals surface area contributed by atoms with Crippen LogP contribution in [0.4, 0.5) is 0 Å². The number of rotatable bonds is 3. The number of hydrogen-bond acceptors (Lipinski definition) is 3. The molecule has 6 heteroatoms. The lowest BCUT2D eigenvalue weighted by Crippen LogP contribution is -2.63. The number of amides is 2. The molecule has 0 aliphatic carbocycles. The zero-order chi connectivity index (χ0) is 11.5. The lowest BCUT2D eigenvalue weighted by atomic mass is 9.98. The maximum absolute atomic E-state index is 11.8. The number of carbonyl (C=O) groups is 2. The summed E-state index contributed by atoms with van der Waals surface area (Å²) in [5.41, 5.74) is 4.62. The molecular weight excluding hydrogens is 230 g/mol. The van der Waals surface area contributed by atoms with Crippen molar-refractivity contribution in [1.82, 2.24) is 10.2 Å². The van der Waals surface area contributed by atoms with Gasteiger partial charge in [-0.2, -0.15) is 0 Å². The number of carbonyl (C=O) groups excluding carboxylic acids is 2. The first-order valence-electron chi connectivity index (χ1n) is 5.29. The van der Waals surface area contributed by atoms with Crippen LogP contribution in [0, 0.1) is 0 Å². The van der Waals surface area contributed by atoms with Crippen molar-refractivity contribution in [2.24, 2.45) is 5.73 Å². The first-order valence-corrected chi connectivity index (χ1v) is 5.29. The topological polar surface area (TPSA) is 75.4 Å². The van der Waals surface area contributed by atoms with Crippen molar-refractivity contribution < 1.29 is 9.59 Å². The Morgan fingerprint density at radius 2 is 2.19 bits per heavy atom. The molecule has 1 rings (SSSR count). The van der Waals surface area contributed by atoms with Gasteiger partial charge in [-0.25, -0.2) is 0 Å². The zero-order valence-corrected chi connectivity index (χ0v) is 10.6. The molecule has 1 fully saturated rings. The molecule has 2 amide bonds. The molecule has 1 heterocycles. The number of nitrogens with one attached hydrogen (secondary N) is 1. The van der Waals surface area contributed by atoms with Gasteiger partial charge in [-0.3, -0.25) is 9.59 Å². The second-order valence-electron chi connectivity index (χ2n) is 4.25. The quantitative estimate of drug-likeness (QED) is 0.733. The largest absolute Gasteiger partial charge is 0.352 e. The van der Waals surface area contributed by atoms with Gasteiger partial charge in [0.1, 0.15) is 5.54 Å². The Kier molecular flexibility index (Phi) is 5.75. The average molecular weight is 250 g/mol. The van der Waals surface area contributed by atoms with E-state index < -0.39 is 5.54 Å². The van der Waals surface area contributed by atoms with E-state index in [1.807, 2.05) is 0 Å². The first-order chi connectivity index (χ1) is 7.00. The summed E-state index contributed by atoms with van der Waals surface area (Å²) in [4.78, 5) is 25.0. The van der Waals surface area contributed by atoms with E-state index in [9.17, 15) is 9.59 Å². The summed E-state index contributed by atoms with van der Waals surface area (Å²) in [6, 6.07) is 0. The summed E-state index contributed by atoms with van der Waals surface area (Å²) >= 11 is 0. The molecule has 0 saturated carbocycles. The van der Waals surface area contributed by atoms with E-state index in [-0.39, 0.29) is 24.2 Å². The first kappa shape index (κ1) is 15.2. The highest BCUT2D eigenvalue weighted by molar-refractivity contribution is 5.91. The summed E-state index contributed by atoms with van der Waals surface area (Å²) in [5, 5.41) is 2.76.